The average Bonchev–Trinajstić information content (AvgIpc) is 2.49. The summed E-state index contributed by atoms with van der Waals surface area (Å²) in [5.74, 6) is 0. The van der Waals surface area contributed by atoms with Crippen molar-refractivity contribution in [2.45, 2.75) is 12.6 Å². The van der Waals surface area contributed by atoms with Crippen LogP contribution in [0.15, 0.2) is 11.0 Å². The predicted octanol–water partition coefficient (Wildman–Crippen LogP) is -0.0566. The number of nitrogens with zero attached hydrogens (tertiary/aromatic N) is 2. The first kappa shape index (κ1) is 15.2. The molecular weight excluding hydrogens is 284 g/mol. The Morgan fingerprint density at radius 2 is 2.55 bits per heavy atom. The van der Waals surface area contributed by atoms with Gasteiger partial charge in [-0.25, -0.2) is 4.68 Å². The fourth-order valence-electron chi connectivity index (χ4n) is 1.90. The highest BCUT2D eigenvalue weighted by atomic mass is 35.5. The molecule has 0 bridgehead atoms. The monoisotopic (exact) mass is 302 g/mol. The van der Waals surface area contributed by atoms with Gasteiger partial charge in [0, 0.05) is 26.7 Å². The summed E-state index contributed by atoms with van der Waals surface area (Å²) in [4.78, 5) is 12.0. The highest BCUT2D eigenvalue weighted by molar-refractivity contribution is 6.32. The van der Waals surface area contributed by atoms with E-state index < -0.39 is 0 Å². The number of rotatable bonds is 6. The lowest BCUT2D eigenvalue weighted by Gasteiger charge is -2.24. The fourth-order valence-corrected chi connectivity index (χ4v) is 2.11. The molecule has 0 amide bonds. The molecule has 1 aliphatic rings. The Morgan fingerprint density at radius 1 is 1.70 bits per heavy atom. The van der Waals surface area contributed by atoms with Crippen molar-refractivity contribution in [1.29, 1.82) is 0 Å². The molecule has 1 unspecified atom stereocenters. The van der Waals surface area contributed by atoms with E-state index in [1.807, 2.05) is 0 Å². The van der Waals surface area contributed by atoms with Gasteiger partial charge in [-0.05, 0) is 0 Å². The van der Waals surface area contributed by atoms with Crippen LogP contribution in [0.1, 0.15) is 0 Å². The van der Waals surface area contributed by atoms with E-state index in [0.29, 0.717) is 32.0 Å². The number of nitrogens with one attached hydrogen (secondary N) is 2. The number of anilines is 1. The lowest BCUT2D eigenvalue weighted by atomic mass is 10.3. The van der Waals surface area contributed by atoms with Crippen molar-refractivity contribution in [1.82, 2.24) is 15.1 Å². The quantitative estimate of drug-likeness (QED) is 0.767. The Hall–Kier alpha value is -1.15. The van der Waals surface area contributed by atoms with Crippen LogP contribution in [0.3, 0.4) is 0 Å². The summed E-state index contributed by atoms with van der Waals surface area (Å²) in [5, 5.41) is 10.5. The van der Waals surface area contributed by atoms with Gasteiger partial charge in [0.15, 0.2) is 0 Å². The predicted molar refractivity (Wildman–Crippen MR) is 76.5 cm³/mol. The lowest BCUT2D eigenvalue weighted by Crippen LogP contribution is -2.42. The molecule has 0 aromatic carbocycles. The number of methoxy groups -OCH3 is 1. The molecule has 0 saturated carbocycles. The van der Waals surface area contributed by atoms with Crippen LogP contribution in [0, 0.1) is 0 Å². The van der Waals surface area contributed by atoms with Crippen LogP contribution < -0.4 is 16.2 Å². The van der Waals surface area contributed by atoms with Gasteiger partial charge in [-0.2, -0.15) is 5.10 Å². The molecule has 0 spiro atoms. The van der Waals surface area contributed by atoms with Gasteiger partial charge >= 0.3 is 0 Å². The van der Waals surface area contributed by atoms with E-state index in [0.717, 1.165) is 13.1 Å². The Labute approximate surface area is 122 Å². The van der Waals surface area contributed by atoms with Gasteiger partial charge in [-0.15, -0.1) is 0 Å². The van der Waals surface area contributed by atoms with Gasteiger partial charge in [0.25, 0.3) is 5.56 Å². The molecule has 1 saturated heterocycles. The third kappa shape index (κ3) is 3.92. The first-order valence-corrected chi connectivity index (χ1v) is 6.91. The second kappa shape index (κ2) is 7.58. The van der Waals surface area contributed by atoms with Crippen LogP contribution in [0.2, 0.25) is 5.02 Å². The molecule has 2 heterocycles. The minimum absolute atomic E-state index is 0.0655. The smallest absolute Gasteiger partial charge is 0.287 e. The van der Waals surface area contributed by atoms with Crippen molar-refractivity contribution in [2.75, 3.05) is 45.3 Å². The molecule has 1 atom stereocenters. The van der Waals surface area contributed by atoms with E-state index in [2.05, 4.69) is 15.7 Å². The van der Waals surface area contributed by atoms with Crippen molar-refractivity contribution < 1.29 is 9.47 Å². The van der Waals surface area contributed by atoms with Crippen molar-refractivity contribution >= 4 is 17.3 Å². The zero-order chi connectivity index (χ0) is 14.4. The second-order valence-electron chi connectivity index (χ2n) is 4.47. The number of morpholine rings is 1. The minimum atomic E-state index is -0.323. The molecular formula is C12H19ClN4O3. The number of hydrogen-bond donors (Lipinski definition) is 2. The van der Waals surface area contributed by atoms with Crippen molar-refractivity contribution in [3.63, 3.8) is 0 Å². The molecule has 1 aromatic heterocycles. The average molecular weight is 303 g/mol. The SMILES string of the molecule is COCCn1ncc(NCC2CNCCO2)c(Cl)c1=O. The Balaban J connectivity index is 1.97. The number of aromatic nitrogens is 2. The lowest BCUT2D eigenvalue weighted by molar-refractivity contribution is 0.0372. The van der Waals surface area contributed by atoms with E-state index in [9.17, 15) is 4.79 Å². The fraction of sp³-hybridized carbons (Fsp3) is 0.667. The summed E-state index contributed by atoms with van der Waals surface area (Å²) in [6.45, 7) is 3.72. The van der Waals surface area contributed by atoms with Crippen LogP contribution in [0.5, 0.6) is 0 Å². The van der Waals surface area contributed by atoms with Gasteiger partial charge in [-0.3, -0.25) is 4.79 Å². The highest BCUT2D eigenvalue weighted by Gasteiger charge is 2.15. The Morgan fingerprint density at radius 3 is 3.25 bits per heavy atom. The van der Waals surface area contributed by atoms with Gasteiger partial charge in [0.05, 0.1) is 37.7 Å². The standard InChI is InChI=1S/C12H19ClN4O3/c1-19-5-3-17-12(18)11(13)10(8-16-17)15-7-9-6-14-2-4-20-9/h8-9,14-15H,2-7H2,1H3. The highest BCUT2D eigenvalue weighted by Crippen LogP contribution is 2.15. The van der Waals surface area contributed by atoms with E-state index in [1.54, 1.807) is 13.3 Å². The van der Waals surface area contributed by atoms with Crippen LogP contribution in [-0.2, 0) is 16.0 Å². The summed E-state index contributed by atoms with van der Waals surface area (Å²) in [6.07, 6.45) is 1.62. The van der Waals surface area contributed by atoms with Gasteiger partial charge in [0.1, 0.15) is 5.02 Å². The van der Waals surface area contributed by atoms with Gasteiger partial charge in [-0.1, -0.05) is 11.6 Å². The molecule has 1 aliphatic heterocycles. The maximum absolute atomic E-state index is 12.0. The zero-order valence-corrected chi connectivity index (χ0v) is 12.2. The van der Waals surface area contributed by atoms with Crippen molar-refractivity contribution in [3.8, 4) is 0 Å². The number of hydrogen-bond acceptors (Lipinski definition) is 6. The van der Waals surface area contributed by atoms with Gasteiger partial charge in [0.2, 0.25) is 0 Å². The summed E-state index contributed by atoms with van der Waals surface area (Å²) in [5.41, 5.74) is 0.205. The largest absolute Gasteiger partial charge is 0.383 e. The number of halogens is 1. The first-order chi connectivity index (χ1) is 9.72. The van der Waals surface area contributed by atoms with E-state index in [4.69, 9.17) is 21.1 Å². The summed E-state index contributed by atoms with van der Waals surface area (Å²) >= 11 is 6.06. The maximum Gasteiger partial charge on any atom is 0.287 e. The molecule has 8 heteroatoms. The Kier molecular flexibility index (Phi) is 5.78. The third-order valence-electron chi connectivity index (χ3n) is 3.02. The summed E-state index contributed by atoms with van der Waals surface area (Å²) in [6, 6.07) is 0. The van der Waals surface area contributed by atoms with E-state index in [1.165, 1.54) is 4.68 Å². The van der Waals surface area contributed by atoms with Crippen molar-refractivity contribution in [2.24, 2.45) is 0 Å². The third-order valence-corrected chi connectivity index (χ3v) is 3.38. The molecule has 1 fully saturated rings. The van der Waals surface area contributed by atoms with E-state index >= 15 is 0 Å². The van der Waals surface area contributed by atoms with Crippen molar-refractivity contribution in [3.05, 3.63) is 21.6 Å². The van der Waals surface area contributed by atoms with Crippen LogP contribution in [0.25, 0.3) is 0 Å². The number of ether oxygens (including phenoxy) is 2. The molecule has 0 aliphatic carbocycles. The molecule has 112 valence electrons. The molecule has 2 N–H and O–H groups in total. The Bertz CT molecular complexity index is 488. The molecule has 1 aromatic rings. The molecule has 7 nitrogen and oxygen atoms in total. The van der Waals surface area contributed by atoms with E-state index in [-0.39, 0.29) is 16.7 Å². The first-order valence-electron chi connectivity index (χ1n) is 6.53. The summed E-state index contributed by atoms with van der Waals surface area (Å²) in [7, 11) is 1.57. The molecule has 0 radical (unpaired) electrons. The van der Waals surface area contributed by atoms with Gasteiger partial charge < -0.3 is 20.1 Å². The second-order valence-corrected chi connectivity index (χ2v) is 4.85. The van der Waals surface area contributed by atoms with Crippen LogP contribution in [-0.4, -0.2) is 55.8 Å². The molecule has 20 heavy (non-hydrogen) atoms. The normalized spacial score (nSPS) is 19.0. The molecule has 2 rings (SSSR count). The maximum atomic E-state index is 12.0. The zero-order valence-electron chi connectivity index (χ0n) is 11.4. The minimum Gasteiger partial charge on any atom is -0.383 e. The van der Waals surface area contributed by atoms with Crippen LogP contribution in [0.4, 0.5) is 5.69 Å². The van der Waals surface area contributed by atoms with Crippen LogP contribution >= 0.6 is 11.6 Å². The topological polar surface area (TPSA) is 77.4 Å². The summed E-state index contributed by atoms with van der Waals surface area (Å²) < 4.78 is 11.8.